The molecule has 9 nitrogen and oxygen atoms in total. The lowest BCUT2D eigenvalue weighted by molar-refractivity contribution is -0.145. The maximum Gasteiger partial charge on any atom is 0.305 e. The van der Waals surface area contributed by atoms with E-state index >= 15 is 0 Å². The van der Waals surface area contributed by atoms with Gasteiger partial charge in [-0.15, -0.1) is 0 Å². The number of nitrogens with zero attached hydrogens (tertiary/aromatic N) is 1. The molecule has 0 saturated carbocycles. The number of carbonyl (C=O) groups excluding carboxylic acids is 1. The van der Waals surface area contributed by atoms with Gasteiger partial charge in [0.25, 0.3) is 0 Å². The Bertz CT molecular complexity index is 1140. The first-order valence-corrected chi connectivity index (χ1v) is 11.7. The quantitative estimate of drug-likeness (QED) is 0.522. The normalized spacial score (nSPS) is 21.4. The second kappa shape index (κ2) is 9.56. The average molecular weight is 484 g/mol. The molecule has 186 valence electrons. The topological polar surface area (TPSA) is 94.0 Å². The van der Waals surface area contributed by atoms with Crippen molar-refractivity contribution >= 4 is 11.7 Å². The van der Waals surface area contributed by atoms with Crippen LogP contribution in [0.3, 0.4) is 0 Å². The summed E-state index contributed by atoms with van der Waals surface area (Å²) in [5, 5.41) is 4.37. The van der Waals surface area contributed by atoms with E-state index in [1.165, 1.54) is 0 Å². The molecule has 0 unspecified atom stereocenters. The lowest BCUT2D eigenvalue weighted by atomic mass is 9.66. The minimum Gasteiger partial charge on any atom is -0.493 e. The van der Waals surface area contributed by atoms with E-state index in [0.29, 0.717) is 41.8 Å². The van der Waals surface area contributed by atoms with Crippen LogP contribution in [0.5, 0.6) is 28.7 Å². The van der Waals surface area contributed by atoms with Crippen LogP contribution in [0, 0.1) is 11.8 Å². The van der Waals surface area contributed by atoms with Crippen molar-refractivity contribution < 1.29 is 38.1 Å². The van der Waals surface area contributed by atoms with Gasteiger partial charge in [-0.25, -0.2) is 0 Å². The molecule has 2 heterocycles. The first kappa shape index (κ1) is 23.1. The summed E-state index contributed by atoms with van der Waals surface area (Å²) >= 11 is 0. The average Bonchev–Trinajstić information content (AvgIpc) is 3.54. The third kappa shape index (κ3) is 3.98. The third-order valence-electron chi connectivity index (χ3n) is 6.81. The zero-order chi connectivity index (χ0) is 24.5. The molecule has 0 bridgehead atoms. The van der Waals surface area contributed by atoms with Gasteiger partial charge >= 0.3 is 5.97 Å². The van der Waals surface area contributed by atoms with E-state index in [1.54, 1.807) is 21.3 Å². The predicted octanol–water partition coefficient (Wildman–Crippen LogP) is 3.90. The van der Waals surface area contributed by atoms with Crippen LogP contribution in [-0.4, -0.2) is 53.0 Å². The summed E-state index contributed by atoms with van der Waals surface area (Å²) in [5.74, 6) is 2.35. The van der Waals surface area contributed by atoms with E-state index in [1.807, 2.05) is 31.2 Å². The van der Waals surface area contributed by atoms with E-state index in [2.05, 4.69) is 5.16 Å². The standard InChI is InChI=1S/C26H29NO8/c1-5-6-23(28)32-11-17-18-12-35-27-25(18)16-10-20-19(33-13-34-20)9-15(16)24(17)14-7-21(29-2)26(31-4)22(8-14)30-3/h7-10,17-18,24H,5-6,11-13H2,1-4H3/t17-,18-,24+/m0/s1. The second-order valence-corrected chi connectivity index (χ2v) is 8.70. The molecular weight excluding hydrogens is 454 g/mol. The van der Waals surface area contributed by atoms with Gasteiger partial charge in [-0.1, -0.05) is 12.1 Å². The van der Waals surface area contributed by atoms with Crippen molar-refractivity contribution in [2.45, 2.75) is 25.7 Å². The maximum atomic E-state index is 12.3. The Kier molecular flexibility index (Phi) is 6.32. The number of methoxy groups -OCH3 is 3. The molecule has 5 rings (SSSR count). The van der Waals surface area contributed by atoms with Gasteiger partial charge in [-0.05, 0) is 41.8 Å². The Labute approximate surface area is 203 Å². The lowest BCUT2D eigenvalue weighted by Gasteiger charge is -2.37. The fourth-order valence-corrected chi connectivity index (χ4v) is 5.19. The van der Waals surface area contributed by atoms with Gasteiger partial charge in [0, 0.05) is 29.7 Å². The highest BCUT2D eigenvalue weighted by Gasteiger charge is 2.46. The number of carbonyl (C=O) groups is 1. The van der Waals surface area contributed by atoms with Crippen LogP contribution >= 0.6 is 0 Å². The minimum absolute atomic E-state index is 0.0682. The predicted molar refractivity (Wildman–Crippen MR) is 126 cm³/mol. The SMILES string of the molecule is CCCC(=O)OC[C@@H]1[C@H](c2cc(OC)c(OC)c(OC)c2)c2cc3c(cc2C2=NOC[C@H]21)OCO3. The van der Waals surface area contributed by atoms with Crippen LogP contribution in [0.2, 0.25) is 0 Å². The van der Waals surface area contributed by atoms with Crippen molar-refractivity contribution in [1.29, 1.82) is 0 Å². The number of ether oxygens (including phenoxy) is 6. The van der Waals surface area contributed by atoms with Crippen molar-refractivity contribution in [2.24, 2.45) is 17.0 Å². The summed E-state index contributed by atoms with van der Waals surface area (Å²) in [6, 6.07) is 7.84. The molecule has 9 heteroatoms. The number of hydrogen-bond acceptors (Lipinski definition) is 9. The van der Waals surface area contributed by atoms with Crippen LogP contribution < -0.4 is 23.7 Å². The zero-order valence-corrected chi connectivity index (χ0v) is 20.3. The van der Waals surface area contributed by atoms with E-state index in [-0.39, 0.29) is 37.1 Å². The van der Waals surface area contributed by atoms with Crippen LogP contribution in [0.1, 0.15) is 42.4 Å². The van der Waals surface area contributed by atoms with Gasteiger partial charge in [0.15, 0.2) is 23.0 Å². The zero-order valence-electron chi connectivity index (χ0n) is 20.3. The fraction of sp³-hybridized carbons (Fsp3) is 0.462. The number of oxime groups is 1. The molecule has 2 aromatic carbocycles. The summed E-state index contributed by atoms with van der Waals surface area (Å²) in [6.07, 6.45) is 1.10. The molecule has 0 N–H and O–H groups in total. The molecule has 35 heavy (non-hydrogen) atoms. The molecule has 0 radical (unpaired) electrons. The first-order chi connectivity index (χ1) is 17.1. The number of fused-ring (bicyclic) bond motifs is 4. The molecule has 0 saturated heterocycles. The van der Waals surface area contributed by atoms with Crippen molar-refractivity contribution in [3.63, 3.8) is 0 Å². The Balaban J connectivity index is 1.67. The van der Waals surface area contributed by atoms with Gasteiger partial charge in [0.2, 0.25) is 12.5 Å². The summed E-state index contributed by atoms with van der Waals surface area (Å²) in [5.41, 5.74) is 3.69. The summed E-state index contributed by atoms with van der Waals surface area (Å²) in [4.78, 5) is 17.9. The second-order valence-electron chi connectivity index (χ2n) is 8.70. The molecule has 2 aromatic rings. The van der Waals surface area contributed by atoms with Gasteiger partial charge in [-0.3, -0.25) is 4.79 Å². The Morgan fingerprint density at radius 2 is 1.74 bits per heavy atom. The number of rotatable bonds is 8. The summed E-state index contributed by atoms with van der Waals surface area (Å²) < 4.78 is 33.9. The van der Waals surface area contributed by atoms with E-state index < -0.39 is 0 Å². The highest BCUT2D eigenvalue weighted by atomic mass is 16.7. The van der Waals surface area contributed by atoms with Gasteiger partial charge in [-0.2, -0.15) is 0 Å². The monoisotopic (exact) mass is 483 g/mol. The fourth-order valence-electron chi connectivity index (χ4n) is 5.19. The summed E-state index contributed by atoms with van der Waals surface area (Å²) in [7, 11) is 4.76. The molecule has 3 atom stereocenters. The van der Waals surface area contributed by atoms with E-state index in [9.17, 15) is 4.79 Å². The molecule has 0 aromatic heterocycles. The van der Waals surface area contributed by atoms with Gasteiger partial charge in [0.1, 0.15) is 6.61 Å². The van der Waals surface area contributed by atoms with Crippen LogP contribution in [0.15, 0.2) is 29.4 Å². The van der Waals surface area contributed by atoms with Crippen LogP contribution in [0.4, 0.5) is 0 Å². The van der Waals surface area contributed by atoms with Crippen LogP contribution in [0.25, 0.3) is 0 Å². The van der Waals surface area contributed by atoms with Crippen molar-refractivity contribution in [3.8, 4) is 28.7 Å². The number of benzene rings is 2. The van der Waals surface area contributed by atoms with Gasteiger partial charge < -0.3 is 33.3 Å². The van der Waals surface area contributed by atoms with Crippen molar-refractivity contribution in [2.75, 3.05) is 41.3 Å². The highest BCUT2D eigenvalue weighted by molar-refractivity contribution is 6.06. The molecule has 2 aliphatic heterocycles. The minimum atomic E-state index is -0.218. The largest absolute Gasteiger partial charge is 0.493 e. The Morgan fingerprint density at radius 1 is 1.03 bits per heavy atom. The number of hydrogen-bond donors (Lipinski definition) is 0. The highest BCUT2D eigenvalue weighted by Crippen LogP contribution is 2.51. The molecule has 0 spiro atoms. The molecule has 0 fully saturated rings. The van der Waals surface area contributed by atoms with Gasteiger partial charge in [0.05, 0.1) is 33.6 Å². The third-order valence-corrected chi connectivity index (χ3v) is 6.81. The number of esters is 1. The lowest BCUT2D eigenvalue weighted by Crippen LogP contribution is -2.38. The van der Waals surface area contributed by atoms with Crippen LogP contribution in [-0.2, 0) is 14.4 Å². The Morgan fingerprint density at radius 3 is 2.40 bits per heavy atom. The molecular formula is C26H29NO8. The Hall–Kier alpha value is -3.62. The molecule has 1 aliphatic carbocycles. The van der Waals surface area contributed by atoms with Crippen molar-refractivity contribution in [1.82, 2.24) is 0 Å². The first-order valence-electron chi connectivity index (χ1n) is 11.7. The maximum absolute atomic E-state index is 12.3. The molecule has 0 amide bonds. The smallest absolute Gasteiger partial charge is 0.305 e. The molecule has 3 aliphatic rings. The van der Waals surface area contributed by atoms with E-state index in [4.69, 9.17) is 33.3 Å². The van der Waals surface area contributed by atoms with E-state index in [0.717, 1.165) is 28.8 Å². The summed E-state index contributed by atoms with van der Waals surface area (Å²) in [6.45, 7) is 2.74. The van der Waals surface area contributed by atoms with Crippen molar-refractivity contribution in [3.05, 3.63) is 41.0 Å².